The lowest BCUT2D eigenvalue weighted by atomic mass is 10.0. The molecule has 3 rings (SSSR count). The van der Waals surface area contributed by atoms with Crippen LogP contribution in [0.4, 0.5) is 0 Å². The summed E-state index contributed by atoms with van der Waals surface area (Å²) in [7, 11) is 4.03. The van der Waals surface area contributed by atoms with Crippen LogP contribution in [0.2, 0.25) is 0 Å². The molecule has 1 saturated heterocycles. The Morgan fingerprint density at radius 2 is 2.26 bits per heavy atom. The smallest absolute Gasteiger partial charge is 0.289 e. The first-order valence-electron chi connectivity index (χ1n) is 7.21. The van der Waals surface area contributed by atoms with Crippen molar-refractivity contribution in [2.75, 3.05) is 27.2 Å². The van der Waals surface area contributed by atoms with Gasteiger partial charge < -0.3 is 14.2 Å². The number of fused-ring (bicyclic) bond motifs is 1. The lowest BCUT2D eigenvalue weighted by Gasteiger charge is -2.35. The first-order valence-corrected chi connectivity index (χ1v) is 7.21. The van der Waals surface area contributed by atoms with Gasteiger partial charge in [0.05, 0.1) is 6.26 Å². The molecule has 4 heteroatoms. The first-order chi connectivity index (χ1) is 9.16. The van der Waals surface area contributed by atoms with Crippen molar-refractivity contribution in [2.45, 2.75) is 38.1 Å². The number of likely N-dealkylation sites (N-methyl/N-ethyl adjacent to an activating group) is 2. The summed E-state index contributed by atoms with van der Waals surface area (Å²) in [5.41, 5.74) is 2.39. The van der Waals surface area contributed by atoms with Gasteiger partial charge in [0.15, 0.2) is 5.76 Å². The zero-order valence-corrected chi connectivity index (χ0v) is 11.8. The van der Waals surface area contributed by atoms with Gasteiger partial charge in [-0.25, -0.2) is 0 Å². The number of carbonyl (C=O) groups excluding carboxylic acids is 1. The number of hydrogen-bond acceptors (Lipinski definition) is 3. The van der Waals surface area contributed by atoms with Gasteiger partial charge in [-0.2, -0.15) is 0 Å². The Bertz CT molecular complexity index is 480. The van der Waals surface area contributed by atoms with Crippen LogP contribution < -0.4 is 0 Å². The highest BCUT2D eigenvalue weighted by atomic mass is 16.3. The summed E-state index contributed by atoms with van der Waals surface area (Å²) < 4.78 is 5.53. The molecule has 1 atom stereocenters. The average Bonchev–Trinajstić information content (AvgIpc) is 2.99. The Hall–Kier alpha value is -1.29. The Balaban J connectivity index is 1.75. The molecule has 0 bridgehead atoms. The molecule has 0 spiro atoms. The fraction of sp³-hybridized carbons (Fsp3) is 0.667. The number of aryl methyl sites for hydroxylation is 1. The normalized spacial score (nSPS) is 23.4. The van der Waals surface area contributed by atoms with Crippen molar-refractivity contribution in [3.05, 3.63) is 23.2 Å². The monoisotopic (exact) mass is 262 g/mol. The summed E-state index contributed by atoms with van der Waals surface area (Å²) in [4.78, 5) is 16.8. The third-order valence-corrected chi connectivity index (χ3v) is 4.52. The Morgan fingerprint density at radius 1 is 1.42 bits per heavy atom. The van der Waals surface area contributed by atoms with Crippen LogP contribution in [-0.4, -0.2) is 48.9 Å². The van der Waals surface area contributed by atoms with Gasteiger partial charge in [0.1, 0.15) is 0 Å². The minimum absolute atomic E-state index is 0.0588. The largest absolute Gasteiger partial charge is 0.459 e. The predicted octanol–water partition coefficient (Wildman–Crippen LogP) is 1.93. The van der Waals surface area contributed by atoms with E-state index in [9.17, 15) is 4.79 Å². The average molecular weight is 262 g/mol. The number of piperidine rings is 1. The standard InChI is InChI=1S/C15H22N2O2/c1-16-8-4-6-12(9-16)17(2)15(18)14-13-7-3-5-11(13)10-19-14/h10,12H,3-9H2,1-2H3. The summed E-state index contributed by atoms with van der Waals surface area (Å²) >= 11 is 0. The van der Waals surface area contributed by atoms with E-state index in [0.29, 0.717) is 11.8 Å². The van der Waals surface area contributed by atoms with Crippen LogP contribution >= 0.6 is 0 Å². The van der Waals surface area contributed by atoms with Gasteiger partial charge in [0.25, 0.3) is 5.91 Å². The van der Waals surface area contributed by atoms with Gasteiger partial charge >= 0.3 is 0 Å². The molecule has 1 aliphatic heterocycles. The quantitative estimate of drug-likeness (QED) is 0.817. The van der Waals surface area contributed by atoms with E-state index in [-0.39, 0.29) is 5.91 Å². The maximum atomic E-state index is 12.6. The molecule has 0 radical (unpaired) electrons. The Labute approximate surface area is 114 Å². The number of carbonyl (C=O) groups is 1. The van der Waals surface area contributed by atoms with E-state index in [1.54, 1.807) is 6.26 Å². The molecule has 4 nitrogen and oxygen atoms in total. The molecule has 104 valence electrons. The van der Waals surface area contributed by atoms with Crippen molar-refractivity contribution in [3.8, 4) is 0 Å². The topological polar surface area (TPSA) is 36.7 Å². The second-order valence-corrected chi connectivity index (χ2v) is 5.90. The second kappa shape index (κ2) is 5.00. The predicted molar refractivity (Wildman–Crippen MR) is 73.3 cm³/mol. The molecule has 1 aromatic heterocycles. The molecule has 1 aromatic rings. The zero-order valence-electron chi connectivity index (χ0n) is 11.8. The van der Waals surface area contributed by atoms with Crippen molar-refractivity contribution in [1.82, 2.24) is 9.80 Å². The number of furan rings is 1. The van der Waals surface area contributed by atoms with Crippen molar-refractivity contribution < 1.29 is 9.21 Å². The molecule has 0 N–H and O–H groups in total. The van der Waals surface area contributed by atoms with Crippen molar-refractivity contribution >= 4 is 5.91 Å². The van der Waals surface area contributed by atoms with E-state index < -0.39 is 0 Å². The maximum absolute atomic E-state index is 12.6. The highest BCUT2D eigenvalue weighted by Gasteiger charge is 2.30. The van der Waals surface area contributed by atoms with Gasteiger partial charge in [-0.05, 0) is 51.3 Å². The Kier molecular flexibility index (Phi) is 3.35. The molecule has 1 aliphatic carbocycles. The van der Waals surface area contributed by atoms with Crippen molar-refractivity contribution in [1.29, 1.82) is 0 Å². The summed E-state index contributed by atoms with van der Waals surface area (Å²) in [6.07, 6.45) is 7.23. The summed E-state index contributed by atoms with van der Waals surface area (Å²) in [5, 5.41) is 0. The molecule has 2 heterocycles. The van der Waals surface area contributed by atoms with Crippen LogP contribution in [0.1, 0.15) is 40.9 Å². The van der Waals surface area contributed by atoms with E-state index in [4.69, 9.17) is 4.42 Å². The van der Waals surface area contributed by atoms with Crippen LogP contribution in [0.15, 0.2) is 10.7 Å². The summed E-state index contributed by atoms with van der Waals surface area (Å²) in [6, 6.07) is 0.313. The molecule has 0 aromatic carbocycles. The lowest BCUT2D eigenvalue weighted by Crippen LogP contribution is -2.47. The molecule has 1 unspecified atom stereocenters. The number of amides is 1. The van der Waals surface area contributed by atoms with E-state index in [1.165, 1.54) is 5.56 Å². The molecule has 19 heavy (non-hydrogen) atoms. The number of likely N-dealkylation sites (tertiary alicyclic amines) is 1. The number of hydrogen-bond donors (Lipinski definition) is 0. The fourth-order valence-electron chi connectivity index (χ4n) is 3.32. The van der Waals surface area contributed by atoms with Gasteiger partial charge in [-0.3, -0.25) is 4.79 Å². The van der Waals surface area contributed by atoms with Gasteiger partial charge in [-0.1, -0.05) is 0 Å². The highest BCUT2D eigenvalue weighted by molar-refractivity contribution is 5.93. The van der Waals surface area contributed by atoms with Crippen LogP contribution in [0.25, 0.3) is 0 Å². The zero-order chi connectivity index (χ0) is 13.4. The molecule has 0 saturated carbocycles. The minimum atomic E-state index is 0.0588. The van der Waals surface area contributed by atoms with Crippen LogP contribution in [0.5, 0.6) is 0 Å². The maximum Gasteiger partial charge on any atom is 0.289 e. The third-order valence-electron chi connectivity index (χ3n) is 4.52. The summed E-state index contributed by atoms with van der Waals surface area (Å²) in [6.45, 7) is 2.10. The molecule has 1 amide bonds. The number of nitrogens with zero attached hydrogens (tertiary/aromatic N) is 2. The van der Waals surface area contributed by atoms with Crippen molar-refractivity contribution in [2.24, 2.45) is 0 Å². The first kappa shape index (κ1) is 12.7. The number of rotatable bonds is 2. The van der Waals surface area contributed by atoms with Crippen LogP contribution in [-0.2, 0) is 12.8 Å². The third kappa shape index (κ3) is 2.29. The molecule has 1 fully saturated rings. The fourth-order valence-corrected chi connectivity index (χ4v) is 3.32. The van der Waals surface area contributed by atoms with Gasteiger partial charge in [-0.15, -0.1) is 0 Å². The second-order valence-electron chi connectivity index (χ2n) is 5.90. The molecular formula is C15H22N2O2. The Morgan fingerprint density at radius 3 is 3.05 bits per heavy atom. The SMILES string of the molecule is CN1CCCC(N(C)C(=O)c2occ3c2CCC3)C1. The van der Waals surface area contributed by atoms with E-state index in [1.807, 2.05) is 11.9 Å². The van der Waals surface area contributed by atoms with Gasteiger partial charge in [0, 0.05) is 25.2 Å². The van der Waals surface area contributed by atoms with E-state index in [2.05, 4.69) is 11.9 Å². The summed E-state index contributed by atoms with van der Waals surface area (Å²) in [5.74, 6) is 0.645. The molecule has 2 aliphatic rings. The molecular weight excluding hydrogens is 240 g/mol. The van der Waals surface area contributed by atoms with E-state index in [0.717, 1.165) is 50.8 Å². The van der Waals surface area contributed by atoms with Crippen LogP contribution in [0, 0.1) is 0 Å². The van der Waals surface area contributed by atoms with Gasteiger partial charge in [0.2, 0.25) is 0 Å². The lowest BCUT2D eigenvalue weighted by molar-refractivity contribution is 0.0611. The minimum Gasteiger partial charge on any atom is -0.459 e. The highest BCUT2D eigenvalue weighted by Crippen LogP contribution is 2.28. The van der Waals surface area contributed by atoms with E-state index >= 15 is 0 Å². The van der Waals surface area contributed by atoms with Crippen LogP contribution in [0.3, 0.4) is 0 Å². The van der Waals surface area contributed by atoms with Crippen molar-refractivity contribution in [3.63, 3.8) is 0 Å².